The van der Waals surface area contributed by atoms with E-state index in [-0.39, 0.29) is 11.3 Å². The van der Waals surface area contributed by atoms with E-state index in [1.54, 1.807) is 12.1 Å². The van der Waals surface area contributed by atoms with Crippen molar-refractivity contribution in [2.75, 3.05) is 21.2 Å². The molecule has 2 rings (SSSR count). The van der Waals surface area contributed by atoms with E-state index >= 15 is 0 Å². The van der Waals surface area contributed by atoms with E-state index in [1.165, 1.54) is 19.6 Å². The SMILES string of the molecule is COc1ccc(C(O)C2(N(C)C)CCCC(C)C2)cc1F. The van der Waals surface area contributed by atoms with Crippen LogP contribution in [-0.2, 0) is 0 Å². The van der Waals surface area contributed by atoms with E-state index in [0.29, 0.717) is 11.5 Å². The van der Waals surface area contributed by atoms with E-state index < -0.39 is 11.9 Å². The lowest BCUT2D eigenvalue weighted by Crippen LogP contribution is -2.52. The number of rotatable bonds is 4. The third-order valence-electron chi connectivity index (χ3n) is 4.90. The molecule has 1 fully saturated rings. The minimum Gasteiger partial charge on any atom is -0.494 e. The molecular weight excluding hydrogens is 269 g/mol. The highest BCUT2D eigenvalue weighted by Crippen LogP contribution is 2.44. The van der Waals surface area contributed by atoms with Crippen LogP contribution in [0.15, 0.2) is 18.2 Å². The smallest absolute Gasteiger partial charge is 0.165 e. The number of aliphatic hydroxyl groups is 1. The lowest BCUT2D eigenvalue weighted by atomic mass is 9.71. The summed E-state index contributed by atoms with van der Waals surface area (Å²) >= 11 is 0. The van der Waals surface area contributed by atoms with Crippen LogP contribution in [-0.4, -0.2) is 36.8 Å². The van der Waals surface area contributed by atoms with Gasteiger partial charge in [-0.3, -0.25) is 0 Å². The van der Waals surface area contributed by atoms with Gasteiger partial charge >= 0.3 is 0 Å². The topological polar surface area (TPSA) is 32.7 Å². The highest BCUT2D eigenvalue weighted by molar-refractivity contribution is 5.32. The van der Waals surface area contributed by atoms with Gasteiger partial charge in [-0.1, -0.05) is 25.8 Å². The molecule has 3 atom stereocenters. The fraction of sp³-hybridized carbons (Fsp3) is 0.647. The fourth-order valence-corrected chi connectivity index (χ4v) is 3.63. The zero-order valence-electron chi connectivity index (χ0n) is 13.4. The zero-order valence-corrected chi connectivity index (χ0v) is 13.4. The van der Waals surface area contributed by atoms with Crippen molar-refractivity contribution in [3.8, 4) is 5.75 Å². The molecule has 21 heavy (non-hydrogen) atoms. The van der Waals surface area contributed by atoms with Gasteiger partial charge < -0.3 is 14.7 Å². The standard InChI is InChI=1S/C17H26FNO2/c1-12-6-5-9-17(11-12,19(2)3)16(20)13-7-8-15(21-4)14(18)10-13/h7-8,10,12,16,20H,5-6,9,11H2,1-4H3. The van der Waals surface area contributed by atoms with Crippen LogP contribution in [0.4, 0.5) is 4.39 Å². The van der Waals surface area contributed by atoms with Crippen molar-refractivity contribution < 1.29 is 14.2 Å². The molecule has 0 radical (unpaired) electrons. The normalized spacial score (nSPS) is 27.7. The summed E-state index contributed by atoms with van der Waals surface area (Å²) in [4.78, 5) is 2.11. The molecule has 1 aliphatic rings. The lowest BCUT2D eigenvalue weighted by Gasteiger charge is -2.48. The van der Waals surface area contributed by atoms with Gasteiger partial charge in [-0.25, -0.2) is 4.39 Å². The molecule has 1 aromatic carbocycles. The van der Waals surface area contributed by atoms with Gasteiger partial charge in [0, 0.05) is 0 Å². The van der Waals surface area contributed by atoms with Crippen LogP contribution in [0.5, 0.6) is 5.75 Å². The Kier molecular flexibility index (Phi) is 4.89. The summed E-state index contributed by atoms with van der Waals surface area (Å²) < 4.78 is 18.9. The third kappa shape index (κ3) is 3.06. The Balaban J connectivity index is 2.34. The van der Waals surface area contributed by atoms with Crippen molar-refractivity contribution in [3.63, 3.8) is 0 Å². The second-order valence-corrected chi connectivity index (χ2v) is 6.50. The van der Waals surface area contributed by atoms with Crippen LogP contribution in [0, 0.1) is 11.7 Å². The Hall–Kier alpha value is -1.13. The molecule has 1 aliphatic carbocycles. The van der Waals surface area contributed by atoms with Crippen molar-refractivity contribution in [1.29, 1.82) is 0 Å². The maximum absolute atomic E-state index is 13.9. The molecule has 0 amide bonds. The summed E-state index contributed by atoms with van der Waals surface area (Å²) in [6, 6.07) is 4.74. The van der Waals surface area contributed by atoms with Crippen molar-refractivity contribution in [1.82, 2.24) is 4.90 Å². The van der Waals surface area contributed by atoms with Crippen molar-refractivity contribution in [2.24, 2.45) is 5.92 Å². The molecule has 0 heterocycles. The fourth-order valence-electron chi connectivity index (χ4n) is 3.63. The van der Waals surface area contributed by atoms with Gasteiger partial charge in [0.25, 0.3) is 0 Å². The summed E-state index contributed by atoms with van der Waals surface area (Å²) in [5.74, 6) is 0.354. The summed E-state index contributed by atoms with van der Waals surface area (Å²) in [7, 11) is 5.45. The maximum Gasteiger partial charge on any atom is 0.165 e. The number of halogens is 1. The first-order valence-electron chi connectivity index (χ1n) is 7.59. The first-order chi connectivity index (χ1) is 9.90. The van der Waals surface area contributed by atoms with Gasteiger partial charge in [0.05, 0.1) is 18.8 Å². The summed E-state index contributed by atoms with van der Waals surface area (Å²) in [5, 5.41) is 10.9. The van der Waals surface area contributed by atoms with Gasteiger partial charge in [0.2, 0.25) is 0 Å². The Labute approximate surface area is 126 Å². The monoisotopic (exact) mass is 295 g/mol. The average Bonchev–Trinajstić information content (AvgIpc) is 2.46. The van der Waals surface area contributed by atoms with Gasteiger partial charge in [0.1, 0.15) is 0 Å². The molecule has 0 aliphatic heterocycles. The number of ether oxygens (including phenoxy) is 1. The Morgan fingerprint density at radius 1 is 1.43 bits per heavy atom. The first kappa shape index (κ1) is 16.2. The van der Waals surface area contributed by atoms with E-state index in [9.17, 15) is 9.50 Å². The second kappa shape index (κ2) is 6.32. The van der Waals surface area contributed by atoms with Crippen molar-refractivity contribution in [3.05, 3.63) is 29.6 Å². The Morgan fingerprint density at radius 2 is 2.14 bits per heavy atom. The molecule has 3 unspecified atom stereocenters. The molecule has 1 N–H and O–H groups in total. The Bertz CT molecular complexity index is 492. The molecule has 1 saturated carbocycles. The van der Waals surface area contributed by atoms with Crippen molar-refractivity contribution >= 4 is 0 Å². The molecule has 0 spiro atoms. The summed E-state index contributed by atoms with van der Waals surface area (Å²) in [5.41, 5.74) is 0.301. The molecule has 0 bridgehead atoms. The van der Waals surface area contributed by atoms with E-state index in [1.807, 2.05) is 14.1 Å². The number of nitrogens with zero attached hydrogens (tertiary/aromatic N) is 1. The number of benzene rings is 1. The van der Waals surface area contributed by atoms with Gasteiger partial charge in [-0.2, -0.15) is 0 Å². The van der Waals surface area contributed by atoms with Crippen LogP contribution in [0.3, 0.4) is 0 Å². The highest BCUT2D eigenvalue weighted by Gasteiger charge is 2.43. The van der Waals surface area contributed by atoms with Gasteiger partial charge in [0.15, 0.2) is 11.6 Å². The third-order valence-corrected chi connectivity index (χ3v) is 4.90. The molecular formula is C17H26FNO2. The minimum atomic E-state index is -0.698. The number of methoxy groups -OCH3 is 1. The highest BCUT2D eigenvalue weighted by atomic mass is 19.1. The first-order valence-corrected chi connectivity index (χ1v) is 7.59. The van der Waals surface area contributed by atoms with Crippen LogP contribution in [0.1, 0.15) is 44.3 Å². The molecule has 3 nitrogen and oxygen atoms in total. The number of hydrogen-bond donors (Lipinski definition) is 1. The summed E-state index contributed by atoms with van der Waals surface area (Å²) in [6.45, 7) is 2.22. The van der Waals surface area contributed by atoms with E-state index in [4.69, 9.17) is 4.74 Å². The van der Waals surface area contributed by atoms with Crippen LogP contribution < -0.4 is 4.74 Å². The number of aliphatic hydroxyl groups excluding tert-OH is 1. The largest absolute Gasteiger partial charge is 0.494 e. The van der Waals surface area contributed by atoms with Crippen molar-refractivity contribution in [2.45, 2.75) is 44.2 Å². The number of likely N-dealkylation sites (N-methyl/N-ethyl adjacent to an activating group) is 1. The molecule has 1 aromatic rings. The van der Waals surface area contributed by atoms with Gasteiger partial charge in [-0.05, 0) is 50.6 Å². The predicted molar refractivity (Wildman–Crippen MR) is 82.0 cm³/mol. The summed E-state index contributed by atoms with van der Waals surface area (Å²) in [6.07, 6.45) is 3.44. The molecule has 0 aromatic heterocycles. The van der Waals surface area contributed by atoms with E-state index in [2.05, 4.69) is 11.8 Å². The predicted octanol–water partition coefficient (Wildman–Crippen LogP) is 3.38. The minimum absolute atomic E-state index is 0.210. The van der Waals surface area contributed by atoms with Gasteiger partial charge in [-0.15, -0.1) is 0 Å². The van der Waals surface area contributed by atoms with Crippen LogP contribution >= 0.6 is 0 Å². The average molecular weight is 295 g/mol. The maximum atomic E-state index is 13.9. The lowest BCUT2D eigenvalue weighted by molar-refractivity contribution is -0.0452. The quantitative estimate of drug-likeness (QED) is 0.924. The molecule has 118 valence electrons. The molecule has 4 heteroatoms. The zero-order chi connectivity index (χ0) is 15.6. The van der Waals surface area contributed by atoms with E-state index in [0.717, 1.165) is 19.3 Å². The molecule has 0 saturated heterocycles. The van der Waals surface area contributed by atoms with Crippen LogP contribution in [0.2, 0.25) is 0 Å². The van der Waals surface area contributed by atoms with Crippen LogP contribution in [0.25, 0.3) is 0 Å². The second-order valence-electron chi connectivity index (χ2n) is 6.50. The number of hydrogen-bond acceptors (Lipinski definition) is 3. The Morgan fingerprint density at radius 3 is 2.67 bits per heavy atom.